The Labute approximate surface area is 104 Å². The number of rotatable bonds is 3. The maximum Gasteiger partial charge on any atom is 0.318 e. The molecule has 0 aromatic heterocycles. The fraction of sp³-hybridized carbons (Fsp3) is 0.333. The number of aliphatic carboxylic acids is 2. The minimum absolute atomic E-state index is 0.201. The van der Waals surface area contributed by atoms with Gasteiger partial charge in [-0.1, -0.05) is 26.0 Å². The molecule has 0 heterocycles. The van der Waals surface area contributed by atoms with Gasteiger partial charge in [0, 0.05) is 0 Å². The molecule has 100 valence electrons. The Hall–Kier alpha value is -2.11. The molecule has 0 aliphatic carbocycles. The third kappa shape index (κ3) is 5.29. The summed E-state index contributed by atoms with van der Waals surface area (Å²) in [5, 5.41) is 16.7. The highest BCUT2D eigenvalue weighted by atomic mass is 19.1. The molecule has 1 rings (SSSR count). The number of nitrogen functional groups attached to an aromatic ring is 1. The van der Waals surface area contributed by atoms with E-state index in [4.69, 9.17) is 15.9 Å². The molecular formula is C12H16FNO4. The van der Waals surface area contributed by atoms with Crippen LogP contribution < -0.4 is 5.73 Å². The highest BCUT2D eigenvalue weighted by Gasteiger charge is 2.28. The second-order valence-corrected chi connectivity index (χ2v) is 3.92. The number of carboxylic acid groups (broad SMARTS) is 2. The summed E-state index contributed by atoms with van der Waals surface area (Å²) in [4.78, 5) is 20.4. The van der Waals surface area contributed by atoms with Crippen molar-refractivity contribution in [2.75, 3.05) is 5.73 Å². The lowest BCUT2D eigenvalue weighted by Crippen LogP contribution is -2.28. The van der Waals surface area contributed by atoms with E-state index >= 15 is 0 Å². The second-order valence-electron chi connectivity index (χ2n) is 3.92. The van der Waals surface area contributed by atoms with Crippen LogP contribution in [0.3, 0.4) is 0 Å². The van der Waals surface area contributed by atoms with Crippen LogP contribution >= 0.6 is 0 Å². The first-order valence-corrected chi connectivity index (χ1v) is 5.23. The molecule has 0 radical (unpaired) electrons. The van der Waals surface area contributed by atoms with Gasteiger partial charge in [0.25, 0.3) is 0 Å². The number of benzene rings is 1. The van der Waals surface area contributed by atoms with E-state index in [0.29, 0.717) is 0 Å². The standard InChI is InChI=1S/C6H6FN.C6H10O4/c7-5-3-1-2-4-6(5)8;1-3(2)4(5(7)8)6(9)10/h1-4H,8H2;3-4H,1-2H3,(H,7,8)(H,9,10). The van der Waals surface area contributed by atoms with Crippen molar-refractivity contribution >= 4 is 17.6 Å². The Morgan fingerprint density at radius 3 is 1.78 bits per heavy atom. The molecule has 0 saturated heterocycles. The van der Waals surface area contributed by atoms with E-state index < -0.39 is 17.9 Å². The van der Waals surface area contributed by atoms with Gasteiger partial charge < -0.3 is 15.9 Å². The van der Waals surface area contributed by atoms with Crippen LogP contribution in [0.2, 0.25) is 0 Å². The third-order valence-electron chi connectivity index (χ3n) is 2.10. The average molecular weight is 257 g/mol. The first-order valence-electron chi connectivity index (χ1n) is 5.23. The Bertz CT molecular complexity index is 385. The minimum Gasteiger partial charge on any atom is -0.481 e. The molecule has 4 N–H and O–H groups in total. The molecule has 0 atom stereocenters. The zero-order valence-corrected chi connectivity index (χ0v) is 10.1. The van der Waals surface area contributed by atoms with E-state index in [1.807, 2.05) is 0 Å². The maximum absolute atomic E-state index is 12.2. The zero-order valence-electron chi connectivity index (χ0n) is 10.1. The van der Waals surface area contributed by atoms with Crippen LogP contribution in [0.15, 0.2) is 24.3 Å². The number of para-hydroxylation sites is 1. The molecule has 0 unspecified atom stereocenters. The van der Waals surface area contributed by atoms with Crippen LogP contribution in [0.25, 0.3) is 0 Å². The molecule has 0 spiro atoms. The molecule has 6 heteroatoms. The van der Waals surface area contributed by atoms with Gasteiger partial charge in [-0.15, -0.1) is 0 Å². The molecule has 1 aromatic carbocycles. The van der Waals surface area contributed by atoms with Crippen molar-refractivity contribution in [2.45, 2.75) is 13.8 Å². The number of hydrogen-bond acceptors (Lipinski definition) is 3. The summed E-state index contributed by atoms with van der Waals surface area (Å²) >= 11 is 0. The first-order chi connectivity index (χ1) is 8.27. The summed E-state index contributed by atoms with van der Waals surface area (Å²) in [5.74, 6) is -4.55. The largest absolute Gasteiger partial charge is 0.481 e. The van der Waals surface area contributed by atoms with Crippen molar-refractivity contribution in [3.63, 3.8) is 0 Å². The lowest BCUT2D eigenvalue weighted by atomic mass is 9.97. The Morgan fingerprint density at radius 1 is 1.17 bits per heavy atom. The van der Waals surface area contributed by atoms with Crippen LogP contribution in [-0.4, -0.2) is 22.2 Å². The van der Waals surface area contributed by atoms with Gasteiger partial charge in [0.2, 0.25) is 0 Å². The van der Waals surface area contributed by atoms with Gasteiger partial charge in [-0.2, -0.15) is 0 Å². The second kappa shape index (κ2) is 7.26. The highest BCUT2D eigenvalue weighted by molar-refractivity contribution is 5.93. The number of carboxylic acids is 2. The zero-order chi connectivity index (χ0) is 14.3. The SMILES string of the molecule is CC(C)C(C(=O)O)C(=O)O.Nc1ccccc1F. The number of carbonyl (C=O) groups is 2. The van der Waals surface area contributed by atoms with E-state index in [9.17, 15) is 14.0 Å². The lowest BCUT2D eigenvalue weighted by Gasteiger charge is -2.09. The van der Waals surface area contributed by atoms with Crippen LogP contribution in [0.5, 0.6) is 0 Å². The van der Waals surface area contributed by atoms with Crippen molar-refractivity contribution in [1.82, 2.24) is 0 Å². The fourth-order valence-corrected chi connectivity index (χ4v) is 1.15. The van der Waals surface area contributed by atoms with Gasteiger partial charge in [0.05, 0.1) is 5.69 Å². The molecule has 0 aliphatic heterocycles. The van der Waals surface area contributed by atoms with Crippen LogP contribution in [0.4, 0.5) is 10.1 Å². The van der Waals surface area contributed by atoms with Crippen molar-refractivity contribution in [3.05, 3.63) is 30.1 Å². The van der Waals surface area contributed by atoms with Crippen LogP contribution in [0.1, 0.15) is 13.8 Å². The monoisotopic (exact) mass is 257 g/mol. The topological polar surface area (TPSA) is 101 Å². The molecule has 1 aromatic rings. The predicted molar refractivity (Wildman–Crippen MR) is 64.4 cm³/mol. The molecular weight excluding hydrogens is 241 g/mol. The molecule has 0 saturated carbocycles. The Kier molecular flexibility index (Phi) is 6.41. The smallest absolute Gasteiger partial charge is 0.318 e. The predicted octanol–water partition coefficient (Wildman–Crippen LogP) is 1.84. The van der Waals surface area contributed by atoms with E-state index in [1.54, 1.807) is 26.0 Å². The first kappa shape index (κ1) is 15.9. The van der Waals surface area contributed by atoms with Crippen molar-refractivity contribution in [2.24, 2.45) is 11.8 Å². The number of nitrogens with two attached hydrogens (primary N) is 1. The van der Waals surface area contributed by atoms with Crippen LogP contribution in [0, 0.1) is 17.7 Å². The summed E-state index contributed by atoms with van der Waals surface area (Å²) in [6, 6.07) is 6.15. The van der Waals surface area contributed by atoms with E-state index in [1.165, 1.54) is 12.1 Å². The van der Waals surface area contributed by atoms with E-state index in [2.05, 4.69) is 0 Å². The van der Waals surface area contributed by atoms with Gasteiger partial charge in [0.15, 0.2) is 5.92 Å². The van der Waals surface area contributed by atoms with Crippen molar-refractivity contribution in [1.29, 1.82) is 0 Å². The van der Waals surface area contributed by atoms with Gasteiger partial charge in [-0.3, -0.25) is 9.59 Å². The minimum atomic E-state index is -1.28. The quantitative estimate of drug-likeness (QED) is 0.566. The molecule has 5 nitrogen and oxygen atoms in total. The van der Waals surface area contributed by atoms with Gasteiger partial charge in [0.1, 0.15) is 5.82 Å². The van der Waals surface area contributed by atoms with Crippen molar-refractivity contribution < 1.29 is 24.2 Å². The van der Waals surface area contributed by atoms with Gasteiger partial charge >= 0.3 is 11.9 Å². The summed E-state index contributed by atoms with van der Waals surface area (Å²) < 4.78 is 12.2. The Balaban J connectivity index is 0.000000327. The summed E-state index contributed by atoms with van der Waals surface area (Å²) in [6.45, 7) is 3.12. The highest BCUT2D eigenvalue weighted by Crippen LogP contribution is 2.10. The summed E-state index contributed by atoms with van der Waals surface area (Å²) in [7, 11) is 0. The van der Waals surface area contributed by atoms with Crippen molar-refractivity contribution in [3.8, 4) is 0 Å². The number of hydrogen-bond donors (Lipinski definition) is 3. The molecule has 0 fully saturated rings. The lowest BCUT2D eigenvalue weighted by molar-refractivity contribution is -0.156. The molecule has 0 amide bonds. The number of anilines is 1. The van der Waals surface area contributed by atoms with Gasteiger partial charge in [-0.25, -0.2) is 4.39 Å². The van der Waals surface area contributed by atoms with E-state index in [-0.39, 0.29) is 17.4 Å². The number of halogens is 1. The fourth-order valence-electron chi connectivity index (χ4n) is 1.15. The van der Waals surface area contributed by atoms with Crippen LogP contribution in [-0.2, 0) is 9.59 Å². The third-order valence-corrected chi connectivity index (χ3v) is 2.10. The molecule has 0 bridgehead atoms. The Morgan fingerprint density at radius 2 is 1.61 bits per heavy atom. The maximum atomic E-state index is 12.2. The van der Waals surface area contributed by atoms with Gasteiger partial charge in [-0.05, 0) is 18.1 Å². The molecule has 18 heavy (non-hydrogen) atoms. The summed E-state index contributed by atoms with van der Waals surface area (Å²) in [5.41, 5.74) is 5.35. The summed E-state index contributed by atoms with van der Waals surface area (Å²) in [6.07, 6.45) is 0. The van der Waals surface area contributed by atoms with E-state index in [0.717, 1.165) is 0 Å². The molecule has 0 aliphatic rings. The normalized spacial score (nSPS) is 9.83. The average Bonchev–Trinajstić information content (AvgIpc) is 2.21.